The third-order valence-corrected chi connectivity index (χ3v) is 5.81. The summed E-state index contributed by atoms with van der Waals surface area (Å²) in [4.78, 5) is 35.1. The number of carbonyl (C=O) groups is 2. The van der Waals surface area contributed by atoms with Crippen molar-refractivity contribution < 1.29 is 19.2 Å². The van der Waals surface area contributed by atoms with E-state index in [-0.39, 0.29) is 23.3 Å². The number of benzene rings is 2. The molecular weight excluding hydrogens is 460 g/mol. The monoisotopic (exact) mass is 484 g/mol. The second kappa shape index (κ2) is 11.3. The molecule has 34 heavy (non-hydrogen) atoms. The molecule has 0 spiro atoms. The van der Waals surface area contributed by atoms with Crippen molar-refractivity contribution in [2.75, 3.05) is 18.2 Å². The molecule has 1 atom stereocenters. The lowest BCUT2D eigenvalue weighted by Crippen LogP contribution is -2.28. The maximum atomic E-state index is 12.6. The number of nitro groups is 1. The predicted molar refractivity (Wildman–Crippen MR) is 127 cm³/mol. The summed E-state index contributed by atoms with van der Waals surface area (Å²) < 4.78 is 6.95. The minimum Gasteiger partial charge on any atom is -0.497 e. The topological polar surface area (TPSA) is 141 Å². The number of non-ortho nitro benzene ring substituents is 1. The fourth-order valence-corrected chi connectivity index (χ4v) is 3.91. The van der Waals surface area contributed by atoms with Crippen molar-refractivity contribution >= 4 is 35.0 Å². The summed E-state index contributed by atoms with van der Waals surface area (Å²) >= 11 is 1.21. The van der Waals surface area contributed by atoms with Crippen molar-refractivity contribution in [3.8, 4) is 5.75 Å². The summed E-state index contributed by atoms with van der Waals surface area (Å²) in [7, 11) is 1.56. The van der Waals surface area contributed by atoms with Gasteiger partial charge in [0.15, 0.2) is 11.0 Å². The molecule has 2 N–H and O–H groups in total. The zero-order valence-corrected chi connectivity index (χ0v) is 19.7. The van der Waals surface area contributed by atoms with E-state index in [0.717, 1.165) is 0 Å². The van der Waals surface area contributed by atoms with Crippen molar-refractivity contribution in [1.82, 2.24) is 20.1 Å². The van der Waals surface area contributed by atoms with Crippen LogP contribution in [0.1, 0.15) is 36.1 Å². The van der Waals surface area contributed by atoms with Gasteiger partial charge in [0.2, 0.25) is 5.91 Å². The Kier molecular flexibility index (Phi) is 8.19. The Bertz CT molecular complexity index is 1160. The molecule has 1 heterocycles. The first-order chi connectivity index (χ1) is 16.3. The first kappa shape index (κ1) is 24.7. The summed E-state index contributed by atoms with van der Waals surface area (Å²) in [5.41, 5.74) is 0.903. The minimum absolute atomic E-state index is 0.0517. The van der Waals surface area contributed by atoms with Crippen molar-refractivity contribution in [3.05, 3.63) is 70.0 Å². The van der Waals surface area contributed by atoms with Gasteiger partial charge in [-0.15, -0.1) is 10.2 Å². The van der Waals surface area contributed by atoms with Gasteiger partial charge in [-0.3, -0.25) is 19.7 Å². The van der Waals surface area contributed by atoms with Crippen molar-refractivity contribution in [2.45, 2.75) is 31.6 Å². The number of nitro benzene ring substituents is 1. The Morgan fingerprint density at radius 3 is 2.41 bits per heavy atom. The lowest BCUT2D eigenvalue weighted by molar-refractivity contribution is -0.384. The van der Waals surface area contributed by atoms with Crippen LogP contribution in [0.5, 0.6) is 5.75 Å². The highest BCUT2D eigenvalue weighted by Gasteiger charge is 2.20. The van der Waals surface area contributed by atoms with Gasteiger partial charge < -0.3 is 19.9 Å². The number of methoxy groups -OCH3 is 1. The Morgan fingerprint density at radius 1 is 1.15 bits per heavy atom. The van der Waals surface area contributed by atoms with Gasteiger partial charge in [0.25, 0.3) is 11.6 Å². The van der Waals surface area contributed by atoms with Crippen LogP contribution in [-0.2, 0) is 11.3 Å². The van der Waals surface area contributed by atoms with E-state index in [1.165, 1.54) is 36.0 Å². The molecule has 12 heteroatoms. The highest BCUT2D eigenvalue weighted by Crippen LogP contribution is 2.22. The molecule has 0 unspecified atom stereocenters. The van der Waals surface area contributed by atoms with Crippen LogP contribution in [0.2, 0.25) is 0 Å². The SMILES string of the molecule is CCn1c(SCC(=O)Nc2ccc([N+](=O)[O-])cc2)nnc1[C@@H](C)NC(=O)c1ccc(OC)cc1. The molecule has 0 bridgehead atoms. The normalized spacial score (nSPS) is 11.5. The smallest absolute Gasteiger partial charge is 0.269 e. The van der Waals surface area contributed by atoms with Gasteiger partial charge in [-0.2, -0.15) is 0 Å². The molecule has 3 rings (SSSR count). The van der Waals surface area contributed by atoms with E-state index >= 15 is 0 Å². The molecule has 1 aromatic heterocycles. The number of hydrogen-bond donors (Lipinski definition) is 2. The number of ether oxygens (including phenoxy) is 1. The molecule has 2 aromatic carbocycles. The first-order valence-electron chi connectivity index (χ1n) is 10.4. The van der Waals surface area contributed by atoms with Crippen molar-refractivity contribution in [2.24, 2.45) is 0 Å². The predicted octanol–water partition coefficient (Wildman–Crippen LogP) is 3.44. The molecular formula is C22H24N6O5S. The average molecular weight is 485 g/mol. The summed E-state index contributed by atoms with van der Waals surface area (Å²) in [6.07, 6.45) is 0. The minimum atomic E-state index is -0.503. The van der Waals surface area contributed by atoms with E-state index in [1.54, 1.807) is 31.4 Å². The van der Waals surface area contributed by atoms with Crippen LogP contribution in [0.3, 0.4) is 0 Å². The summed E-state index contributed by atoms with van der Waals surface area (Å²) in [6.45, 7) is 4.29. The number of carbonyl (C=O) groups excluding carboxylic acids is 2. The van der Waals surface area contributed by atoms with E-state index in [4.69, 9.17) is 4.74 Å². The maximum Gasteiger partial charge on any atom is 0.269 e. The number of aromatic nitrogens is 3. The van der Waals surface area contributed by atoms with Crippen LogP contribution in [0.25, 0.3) is 0 Å². The number of nitrogens with zero attached hydrogens (tertiary/aromatic N) is 4. The average Bonchev–Trinajstić information content (AvgIpc) is 3.26. The van der Waals surface area contributed by atoms with Crippen LogP contribution in [-0.4, -0.2) is 44.4 Å². The van der Waals surface area contributed by atoms with Crippen LogP contribution < -0.4 is 15.4 Å². The van der Waals surface area contributed by atoms with Crippen LogP contribution in [0.4, 0.5) is 11.4 Å². The number of nitrogens with one attached hydrogen (secondary N) is 2. The molecule has 11 nitrogen and oxygen atoms in total. The fraction of sp³-hybridized carbons (Fsp3) is 0.273. The molecule has 178 valence electrons. The van der Waals surface area contributed by atoms with Gasteiger partial charge in [-0.1, -0.05) is 11.8 Å². The van der Waals surface area contributed by atoms with Crippen molar-refractivity contribution in [1.29, 1.82) is 0 Å². The zero-order chi connectivity index (χ0) is 24.7. The standard InChI is InChI=1S/C22H24N6O5S/c1-4-27-20(14(2)23-21(30)15-5-11-18(33-3)12-6-15)25-26-22(27)34-13-19(29)24-16-7-9-17(10-8-16)28(31)32/h5-12,14H,4,13H2,1-3H3,(H,23,30)(H,24,29)/t14-/m1/s1. The van der Waals surface area contributed by atoms with Crippen LogP contribution in [0.15, 0.2) is 53.7 Å². The lowest BCUT2D eigenvalue weighted by Gasteiger charge is -2.15. The highest BCUT2D eigenvalue weighted by molar-refractivity contribution is 7.99. The Labute approximate surface area is 200 Å². The Hall–Kier alpha value is -3.93. The van der Waals surface area contributed by atoms with E-state index in [2.05, 4.69) is 20.8 Å². The third-order valence-electron chi connectivity index (χ3n) is 4.84. The molecule has 0 aliphatic heterocycles. The summed E-state index contributed by atoms with van der Waals surface area (Å²) in [6, 6.07) is 12.0. The number of anilines is 1. The van der Waals surface area contributed by atoms with Crippen molar-refractivity contribution in [3.63, 3.8) is 0 Å². The largest absolute Gasteiger partial charge is 0.497 e. The molecule has 0 saturated heterocycles. The van der Waals surface area contributed by atoms with Gasteiger partial charge in [0.1, 0.15) is 5.75 Å². The van der Waals surface area contributed by atoms with Gasteiger partial charge in [-0.25, -0.2) is 0 Å². The molecule has 2 amide bonds. The second-order valence-corrected chi connectivity index (χ2v) is 8.09. The Balaban J connectivity index is 1.59. The van der Waals surface area contributed by atoms with Crippen LogP contribution >= 0.6 is 11.8 Å². The van der Waals surface area contributed by atoms with E-state index < -0.39 is 11.0 Å². The zero-order valence-electron chi connectivity index (χ0n) is 18.8. The molecule has 0 aliphatic carbocycles. The first-order valence-corrected chi connectivity index (χ1v) is 11.4. The summed E-state index contributed by atoms with van der Waals surface area (Å²) in [5, 5.41) is 25.3. The fourth-order valence-electron chi connectivity index (χ4n) is 3.10. The molecule has 0 aliphatic rings. The Morgan fingerprint density at radius 2 is 1.82 bits per heavy atom. The van der Waals surface area contributed by atoms with E-state index in [9.17, 15) is 19.7 Å². The third kappa shape index (κ3) is 6.10. The number of hydrogen-bond acceptors (Lipinski definition) is 8. The number of thioether (sulfide) groups is 1. The molecule has 0 saturated carbocycles. The maximum absolute atomic E-state index is 12.6. The van der Waals surface area contributed by atoms with E-state index in [1.807, 2.05) is 18.4 Å². The lowest BCUT2D eigenvalue weighted by atomic mass is 10.2. The van der Waals surface area contributed by atoms with Gasteiger partial charge in [0.05, 0.1) is 23.8 Å². The van der Waals surface area contributed by atoms with Gasteiger partial charge in [-0.05, 0) is 50.2 Å². The molecule has 3 aromatic rings. The number of rotatable bonds is 10. The van der Waals surface area contributed by atoms with E-state index in [0.29, 0.717) is 34.5 Å². The van der Waals surface area contributed by atoms with Gasteiger partial charge in [0, 0.05) is 29.9 Å². The quantitative estimate of drug-likeness (QED) is 0.253. The summed E-state index contributed by atoms with van der Waals surface area (Å²) in [5.74, 6) is 0.767. The van der Waals surface area contributed by atoms with Gasteiger partial charge >= 0.3 is 0 Å². The molecule has 0 fully saturated rings. The van der Waals surface area contributed by atoms with Crippen LogP contribution in [0, 0.1) is 10.1 Å². The second-order valence-electron chi connectivity index (χ2n) is 7.15. The highest BCUT2D eigenvalue weighted by atomic mass is 32.2. The number of amides is 2. The molecule has 0 radical (unpaired) electrons.